The first-order chi connectivity index (χ1) is 9.24. The third-order valence-electron chi connectivity index (χ3n) is 3.80. The highest BCUT2D eigenvalue weighted by Gasteiger charge is 2.24. The smallest absolute Gasteiger partial charge is 0.0956 e. The largest absolute Gasteiger partial charge is 0.381 e. The second kappa shape index (κ2) is 7.36. The van der Waals surface area contributed by atoms with Crippen LogP contribution in [0.25, 0.3) is 0 Å². The minimum atomic E-state index is 0.268. The van der Waals surface area contributed by atoms with E-state index in [2.05, 4.69) is 19.2 Å². The zero-order valence-electron chi connectivity index (χ0n) is 12.4. The highest BCUT2D eigenvalue weighted by molar-refractivity contribution is 7.11. The number of aryl methyl sites for hydroxylation is 1. The van der Waals surface area contributed by atoms with Crippen molar-refractivity contribution in [2.75, 3.05) is 20.2 Å². The van der Waals surface area contributed by atoms with Gasteiger partial charge in [-0.25, -0.2) is 4.98 Å². The second-order valence-corrected chi connectivity index (χ2v) is 6.63. The number of methoxy groups -OCH3 is 1. The summed E-state index contributed by atoms with van der Waals surface area (Å²) in [5.41, 5.74) is 1.37. The maximum Gasteiger partial charge on any atom is 0.0956 e. The molecule has 0 saturated carbocycles. The van der Waals surface area contributed by atoms with E-state index >= 15 is 0 Å². The summed E-state index contributed by atoms with van der Waals surface area (Å²) in [5.74, 6) is 0.623. The van der Waals surface area contributed by atoms with Gasteiger partial charge in [-0.15, -0.1) is 11.3 Å². The van der Waals surface area contributed by atoms with E-state index in [4.69, 9.17) is 9.72 Å². The van der Waals surface area contributed by atoms with Gasteiger partial charge in [-0.3, -0.25) is 0 Å². The van der Waals surface area contributed by atoms with E-state index < -0.39 is 0 Å². The molecule has 0 radical (unpaired) electrons. The summed E-state index contributed by atoms with van der Waals surface area (Å²) in [4.78, 5) is 6.42. The zero-order valence-corrected chi connectivity index (χ0v) is 13.2. The second-order valence-electron chi connectivity index (χ2n) is 5.46. The van der Waals surface area contributed by atoms with Crippen molar-refractivity contribution in [3.05, 3.63) is 15.6 Å². The minimum absolute atomic E-state index is 0.268. The van der Waals surface area contributed by atoms with Gasteiger partial charge in [0.2, 0.25) is 0 Å². The van der Waals surface area contributed by atoms with Crippen molar-refractivity contribution in [2.24, 2.45) is 0 Å². The minimum Gasteiger partial charge on any atom is -0.381 e. The van der Waals surface area contributed by atoms with Gasteiger partial charge >= 0.3 is 0 Å². The van der Waals surface area contributed by atoms with E-state index in [1.165, 1.54) is 41.3 Å². The van der Waals surface area contributed by atoms with Crippen LogP contribution in [0.15, 0.2) is 0 Å². The Bertz CT molecular complexity index is 391. The van der Waals surface area contributed by atoms with E-state index in [0.29, 0.717) is 5.92 Å². The van der Waals surface area contributed by atoms with Crippen molar-refractivity contribution in [3.8, 4) is 0 Å². The molecule has 3 nitrogen and oxygen atoms in total. The van der Waals surface area contributed by atoms with Crippen molar-refractivity contribution < 1.29 is 4.74 Å². The average molecular weight is 282 g/mol. The predicted molar refractivity (Wildman–Crippen MR) is 81.1 cm³/mol. The van der Waals surface area contributed by atoms with Crippen molar-refractivity contribution in [1.82, 2.24) is 10.3 Å². The molecule has 1 aromatic heterocycles. The molecule has 1 aliphatic rings. The van der Waals surface area contributed by atoms with Gasteiger partial charge in [0.05, 0.1) is 16.8 Å². The number of fused-ring (bicyclic) bond motifs is 1. The molecule has 2 rings (SSSR count). The number of nitrogens with one attached hydrogen (secondary N) is 1. The molecular formula is C15H26N2OS. The third-order valence-corrected chi connectivity index (χ3v) is 4.95. The highest BCUT2D eigenvalue weighted by Crippen LogP contribution is 2.34. The number of aromatic nitrogens is 1. The number of nitrogens with zero attached hydrogens (tertiary/aromatic N) is 1. The number of hydrogen-bond donors (Lipinski definition) is 1. The van der Waals surface area contributed by atoms with E-state index in [1.54, 1.807) is 7.11 Å². The Morgan fingerprint density at radius 1 is 1.53 bits per heavy atom. The van der Waals surface area contributed by atoms with Gasteiger partial charge in [-0.05, 0) is 39.2 Å². The monoisotopic (exact) mass is 282 g/mol. The van der Waals surface area contributed by atoms with Gasteiger partial charge < -0.3 is 10.1 Å². The molecule has 0 bridgehead atoms. The van der Waals surface area contributed by atoms with E-state index in [9.17, 15) is 0 Å². The summed E-state index contributed by atoms with van der Waals surface area (Å²) in [6, 6.07) is 0. The van der Waals surface area contributed by atoms with Gasteiger partial charge in [0.25, 0.3) is 0 Å². The summed E-state index contributed by atoms with van der Waals surface area (Å²) in [5, 5.41) is 4.80. The number of hydrogen-bond acceptors (Lipinski definition) is 4. The van der Waals surface area contributed by atoms with Crippen LogP contribution >= 0.6 is 11.3 Å². The average Bonchev–Trinajstić information content (AvgIpc) is 2.82. The number of rotatable bonds is 7. The van der Waals surface area contributed by atoms with Crippen LogP contribution in [0, 0.1) is 0 Å². The summed E-state index contributed by atoms with van der Waals surface area (Å²) in [6.07, 6.45) is 6.23. The van der Waals surface area contributed by atoms with Crippen molar-refractivity contribution in [3.63, 3.8) is 0 Å². The molecule has 1 aliphatic carbocycles. The fraction of sp³-hybridized carbons (Fsp3) is 0.800. The molecule has 0 aromatic carbocycles. The predicted octanol–water partition coefficient (Wildman–Crippen LogP) is 3.14. The van der Waals surface area contributed by atoms with Gasteiger partial charge in [-0.2, -0.15) is 0 Å². The van der Waals surface area contributed by atoms with Crippen LogP contribution < -0.4 is 5.32 Å². The fourth-order valence-corrected chi connectivity index (χ4v) is 3.94. The molecule has 0 amide bonds. The lowest BCUT2D eigenvalue weighted by Crippen LogP contribution is -2.24. The molecule has 4 heteroatoms. The van der Waals surface area contributed by atoms with Crippen LogP contribution in [-0.4, -0.2) is 31.3 Å². The first-order valence-corrected chi connectivity index (χ1v) is 8.28. The van der Waals surface area contributed by atoms with Crippen molar-refractivity contribution in [1.29, 1.82) is 0 Å². The summed E-state index contributed by atoms with van der Waals surface area (Å²) in [6.45, 7) is 6.53. The number of thiazole rings is 1. The summed E-state index contributed by atoms with van der Waals surface area (Å²) < 4.78 is 5.35. The van der Waals surface area contributed by atoms with Crippen LogP contribution in [0.2, 0.25) is 0 Å². The molecule has 2 atom stereocenters. The lowest BCUT2D eigenvalue weighted by atomic mass is 9.91. The lowest BCUT2D eigenvalue weighted by Gasteiger charge is -2.21. The van der Waals surface area contributed by atoms with Crippen LogP contribution in [0.3, 0.4) is 0 Å². The summed E-state index contributed by atoms with van der Waals surface area (Å²) in [7, 11) is 1.77. The Kier molecular flexibility index (Phi) is 5.79. The normalized spacial score (nSPS) is 20.3. The van der Waals surface area contributed by atoms with Crippen molar-refractivity contribution >= 4 is 11.3 Å². The Labute approximate surface area is 120 Å². The Hall–Kier alpha value is -0.450. The molecule has 108 valence electrons. The molecular weight excluding hydrogens is 256 g/mol. The fourth-order valence-electron chi connectivity index (χ4n) is 2.63. The molecule has 19 heavy (non-hydrogen) atoms. The van der Waals surface area contributed by atoms with Gasteiger partial charge in [0.1, 0.15) is 0 Å². The Balaban J connectivity index is 2.01. The quantitative estimate of drug-likeness (QED) is 0.780. The maximum absolute atomic E-state index is 5.35. The van der Waals surface area contributed by atoms with Crippen molar-refractivity contribution in [2.45, 2.75) is 58.0 Å². The Morgan fingerprint density at radius 2 is 2.37 bits per heavy atom. The first-order valence-electron chi connectivity index (χ1n) is 7.46. The summed E-state index contributed by atoms with van der Waals surface area (Å²) >= 11 is 1.90. The van der Waals surface area contributed by atoms with E-state index in [-0.39, 0.29) is 6.10 Å². The van der Waals surface area contributed by atoms with E-state index in [1.807, 2.05) is 11.3 Å². The van der Waals surface area contributed by atoms with Gasteiger partial charge in [0, 0.05) is 30.9 Å². The van der Waals surface area contributed by atoms with Crippen LogP contribution in [0.5, 0.6) is 0 Å². The number of ether oxygens (including phenoxy) is 1. The van der Waals surface area contributed by atoms with Crippen LogP contribution in [-0.2, 0) is 17.6 Å². The molecule has 0 spiro atoms. The highest BCUT2D eigenvalue weighted by atomic mass is 32.1. The SMILES string of the molecule is CCCNCC1CCCc2sc(CC(C)OC)nc21. The van der Waals surface area contributed by atoms with E-state index in [0.717, 1.165) is 19.5 Å². The molecule has 0 saturated heterocycles. The molecule has 1 heterocycles. The Morgan fingerprint density at radius 3 is 3.11 bits per heavy atom. The third kappa shape index (κ3) is 4.01. The molecule has 2 unspecified atom stereocenters. The molecule has 1 aromatic rings. The molecule has 1 N–H and O–H groups in total. The maximum atomic E-state index is 5.35. The lowest BCUT2D eigenvalue weighted by molar-refractivity contribution is 0.118. The van der Waals surface area contributed by atoms with Gasteiger partial charge in [0.15, 0.2) is 0 Å². The zero-order chi connectivity index (χ0) is 13.7. The first kappa shape index (κ1) is 14.9. The van der Waals surface area contributed by atoms with Gasteiger partial charge in [-0.1, -0.05) is 6.92 Å². The van der Waals surface area contributed by atoms with Crippen LogP contribution in [0.1, 0.15) is 54.6 Å². The van der Waals surface area contributed by atoms with Crippen LogP contribution in [0.4, 0.5) is 0 Å². The standard InChI is InChI=1S/C15H26N2OS/c1-4-8-16-10-12-6-5-7-13-15(12)17-14(19-13)9-11(2)18-3/h11-12,16H,4-10H2,1-3H3. The molecule has 0 fully saturated rings. The molecule has 0 aliphatic heterocycles. The topological polar surface area (TPSA) is 34.1 Å².